The first-order valence-corrected chi connectivity index (χ1v) is 21.0. The molecule has 9 nitrogen and oxygen atoms in total. The standard InChI is InChI=1S/C30H57O9P3/c1-7-34-40(31,35-8-2)22-16-13-19-28-25-29(20-14-17-23-41(32,36-9-3)37-10-4)27-30(26-28)21-15-18-24-42(33,38-11-5)39-12-6/h25-27H,7-24H2,1-6H3. The molecule has 0 N–H and O–H groups in total. The summed E-state index contributed by atoms with van der Waals surface area (Å²) in [6.45, 7) is 13.2. The molecule has 0 radical (unpaired) electrons. The Balaban J connectivity index is 2.86. The van der Waals surface area contributed by atoms with Gasteiger partial charge in [-0.1, -0.05) is 18.2 Å². The average molecular weight is 655 g/mol. The molecule has 246 valence electrons. The molecule has 0 fully saturated rings. The van der Waals surface area contributed by atoms with E-state index in [1.165, 1.54) is 16.7 Å². The van der Waals surface area contributed by atoms with Gasteiger partial charge in [0, 0.05) is 0 Å². The summed E-state index contributed by atoms with van der Waals surface area (Å²) < 4.78 is 71.1. The molecule has 1 aromatic carbocycles. The van der Waals surface area contributed by atoms with E-state index in [0.29, 0.717) is 58.1 Å². The van der Waals surface area contributed by atoms with E-state index in [9.17, 15) is 13.7 Å². The topological polar surface area (TPSA) is 107 Å². The van der Waals surface area contributed by atoms with E-state index in [-0.39, 0.29) is 0 Å². The molecule has 1 aromatic rings. The molecule has 0 aliphatic carbocycles. The SMILES string of the molecule is CCOP(=O)(CCCCc1cc(CCCCP(=O)(OCC)OCC)cc(CCCCP(=O)(OCC)OCC)c1)OCC. The van der Waals surface area contributed by atoms with Gasteiger partial charge in [-0.15, -0.1) is 0 Å². The second kappa shape index (κ2) is 22.2. The van der Waals surface area contributed by atoms with Crippen LogP contribution in [0.5, 0.6) is 0 Å². The Morgan fingerprint density at radius 1 is 0.405 bits per heavy atom. The monoisotopic (exact) mass is 654 g/mol. The van der Waals surface area contributed by atoms with Gasteiger partial charge in [0.25, 0.3) is 0 Å². The van der Waals surface area contributed by atoms with Crippen LogP contribution in [0.25, 0.3) is 0 Å². The lowest BCUT2D eigenvalue weighted by Gasteiger charge is -2.17. The van der Waals surface area contributed by atoms with Crippen molar-refractivity contribution in [3.05, 3.63) is 34.9 Å². The maximum absolute atomic E-state index is 12.8. The minimum Gasteiger partial charge on any atom is -0.309 e. The molecule has 0 aliphatic heterocycles. The third-order valence-electron chi connectivity index (χ3n) is 6.51. The summed E-state index contributed by atoms with van der Waals surface area (Å²) in [5.74, 6) is 0. The maximum atomic E-state index is 12.8. The number of benzene rings is 1. The summed E-state index contributed by atoms with van der Waals surface area (Å²) in [6, 6.07) is 6.74. The highest BCUT2D eigenvalue weighted by atomic mass is 31.2. The van der Waals surface area contributed by atoms with Crippen LogP contribution in [0.3, 0.4) is 0 Å². The van der Waals surface area contributed by atoms with Crippen molar-refractivity contribution in [1.82, 2.24) is 0 Å². The van der Waals surface area contributed by atoms with Crippen molar-refractivity contribution in [1.29, 1.82) is 0 Å². The first-order chi connectivity index (χ1) is 20.1. The van der Waals surface area contributed by atoms with Crippen molar-refractivity contribution >= 4 is 22.8 Å². The quantitative estimate of drug-likeness (QED) is 0.0677. The molecular formula is C30H57O9P3. The number of hydrogen-bond donors (Lipinski definition) is 0. The van der Waals surface area contributed by atoms with Crippen LogP contribution in [0.2, 0.25) is 0 Å². The molecule has 0 heterocycles. The Morgan fingerprint density at radius 2 is 0.619 bits per heavy atom. The summed E-state index contributed by atoms with van der Waals surface area (Å²) in [4.78, 5) is 0. The van der Waals surface area contributed by atoms with E-state index in [1.54, 1.807) is 0 Å². The van der Waals surface area contributed by atoms with Crippen molar-refractivity contribution in [3.63, 3.8) is 0 Å². The third-order valence-corrected chi connectivity index (χ3v) is 13.0. The molecule has 12 heteroatoms. The fraction of sp³-hybridized carbons (Fsp3) is 0.800. The zero-order valence-electron chi connectivity index (χ0n) is 27.0. The van der Waals surface area contributed by atoms with Gasteiger partial charge in [-0.25, -0.2) is 0 Å². The van der Waals surface area contributed by atoms with Gasteiger partial charge < -0.3 is 27.1 Å². The first kappa shape index (κ1) is 39.7. The fourth-order valence-electron chi connectivity index (χ4n) is 4.86. The van der Waals surface area contributed by atoms with E-state index < -0.39 is 22.8 Å². The summed E-state index contributed by atoms with van der Waals surface area (Å²) in [7, 11) is -9.09. The summed E-state index contributed by atoms with van der Waals surface area (Å²) in [5, 5.41) is 0. The molecule has 1 rings (SSSR count). The Morgan fingerprint density at radius 3 is 0.810 bits per heavy atom. The van der Waals surface area contributed by atoms with Gasteiger partial charge in [0.2, 0.25) is 0 Å². The van der Waals surface area contributed by atoms with Gasteiger partial charge in [-0.05, 0) is 116 Å². The zero-order valence-corrected chi connectivity index (χ0v) is 29.7. The van der Waals surface area contributed by atoms with Crippen molar-refractivity contribution in [2.75, 3.05) is 58.1 Å². The molecule has 0 spiro atoms. The zero-order chi connectivity index (χ0) is 31.3. The molecule has 0 unspecified atom stereocenters. The lowest BCUT2D eigenvalue weighted by Crippen LogP contribution is -2.02. The summed E-state index contributed by atoms with van der Waals surface area (Å²) >= 11 is 0. The number of aryl methyl sites for hydroxylation is 3. The highest BCUT2D eigenvalue weighted by Crippen LogP contribution is 2.50. The molecule has 0 amide bonds. The van der Waals surface area contributed by atoms with Crippen LogP contribution in [0, 0.1) is 0 Å². The highest BCUT2D eigenvalue weighted by Gasteiger charge is 2.24. The van der Waals surface area contributed by atoms with Gasteiger partial charge in [0.1, 0.15) is 0 Å². The van der Waals surface area contributed by atoms with Crippen molar-refractivity contribution in [2.24, 2.45) is 0 Å². The normalized spacial score (nSPS) is 12.7. The number of hydrogen-bond acceptors (Lipinski definition) is 9. The predicted octanol–water partition coefficient (Wildman–Crippen LogP) is 9.45. The Bertz CT molecular complexity index is 836. The van der Waals surface area contributed by atoms with Crippen LogP contribution in [0.4, 0.5) is 0 Å². The van der Waals surface area contributed by atoms with Crippen molar-refractivity contribution in [2.45, 2.75) is 99.3 Å². The first-order valence-electron chi connectivity index (χ1n) is 15.9. The molecule has 0 bridgehead atoms. The molecular weight excluding hydrogens is 597 g/mol. The highest BCUT2D eigenvalue weighted by molar-refractivity contribution is 7.54. The number of rotatable bonds is 27. The molecule has 0 aromatic heterocycles. The summed E-state index contributed by atoms with van der Waals surface area (Å²) in [5.41, 5.74) is 3.73. The second-order valence-corrected chi connectivity index (χ2v) is 16.6. The van der Waals surface area contributed by atoms with Gasteiger partial charge in [0.05, 0.1) is 58.1 Å². The smallest absolute Gasteiger partial charge is 0.309 e. The van der Waals surface area contributed by atoms with Gasteiger partial charge in [0.15, 0.2) is 0 Å². The van der Waals surface area contributed by atoms with Crippen molar-refractivity contribution < 1.29 is 40.8 Å². The molecule has 0 saturated carbocycles. The second-order valence-electron chi connectivity index (χ2n) is 10.0. The van der Waals surface area contributed by atoms with E-state index >= 15 is 0 Å². The van der Waals surface area contributed by atoms with Crippen LogP contribution < -0.4 is 0 Å². The van der Waals surface area contributed by atoms with Crippen molar-refractivity contribution in [3.8, 4) is 0 Å². The molecule has 42 heavy (non-hydrogen) atoms. The van der Waals surface area contributed by atoms with E-state index in [1.807, 2.05) is 41.5 Å². The lowest BCUT2D eigenvalue weighted by molar-refractivity contribution is 0.218. The Labute approximate surface area is 255 Å². The maximum Gasteiger partial charge on any atom is 0.330 e. The minimum absolute atomic E-state index is 0.373. The summed E-state index contributed by atoms with van der Waals surface area (Å²) in [6.07, 6.45) is 8.76. The average Bonchev–Trinajstić information content (AvgIpc) is 2.93. The van der Waals surface area contributed by atoms with E-state index in [0.717, 1.165) is 57.8 Å². The Hall–Kier alpha value is -0.330. The molecule has 0 atom stereocenters. The van der Waals surface area contributed by atoms with Crippen LogP contribution in [0.15, 0.2) is 18.2 Å². The third kappa shape index (κ3) is 16.7. The van der Waals surface area contributed by atoms with Crippen LogP contribution in [0.1, 0.15) is 96.8 Å². The fourth-order valence-corrected chi connectivity index (χ4v) is 10.0. The van der Waals surface area contributed by atoms with Gasteiger partial charge >= 0.3 is 22.8 Å². The van der Waals surface area contributed by atoms with Crippen LogP contribution in [-0.2, 0) is 60.1 Å². The molecule has 0 saturated heterocycles. The molecule has 0 aliphatic rings. The number of unbranched alkanes of at least 4 members (excludes halogenated alkanes) is 3. The largest absolute Gasteiger partial charge is 0.330 e. The minimum atomic E-state index is -3.03. The van der Waals surface area contributed by atoms with Crippen LogP contribution >= 0.6 is 22.8 Å². The van der Waals surface area contributed by atoms with Crippen LogP contribution in [-0.4, -0.2) is 58.1 Å². The van der Waals surface area contributed by atoms with Gasteiger partial charge in [-0.3, -0.25) is 13.7 Å². The Kier molecular flexibility index (Phi) is 21.0. The van der Waals surface area contributed by atoms with E-state index in [4.69, 9.17) is 27.1 Å². The lowest BCUT2D eigenvalue weighted by atomic mass is 9.96. The predicted molar refractivity (Wildman–Crippen MR) is 172 cm³/mol. The van der Waals surface area contributed by atoms with Gasteiger partial charge in [-0.2, -0.15) is 0 Å². The van der Waals surface area contributed by atoms with E-state index in [2.05, 4.69) is 18.2 Å².